The summed E-state index contributed by atoms with van der Waals surface area (Å²) in [7, 11) is -3.63. The maximum absolute atomic E-state index is 13.5. The van der Waals surface area contributed by atoms with Gasteiger partial charge in [0.05, 0.1) is 18.0 Å². The quantitative estimate of drug-likeness (QED) is 0.578. The molecule has 33 heavy (non-hydrogen) atoms. The summed E-state index contributed by atoms with van der Waals surface area (Å²) < 4.78 is 28.5. The van der Waals surface area contributed by atoms with Crippen molar-refractivity contribution in [1.82, 2.24) is 9.80 Å². The summed E-state index contributed by atoms with van der Waals surface area (Å²) in [5.41, 5.74) is 1.41. The van der Waals surface area contributed by atoms with E-state index in [1.165, 1.54) is 4.31 Å². The fraction of sp³-hybridized carbons (Fsp3) is 0.320. The first-order chi connectivity index (χ1) is 15.8. The molecule has 1 heterocycles. The monoisotopic (exact) mass is 467 g/mol. The highest BCUT2D eigenvalue weighted by molar-refractivity contribution is 7.92. The predicted octanol–water partition coefficient (Wildman–Crippen LogP) is 3.05. The number of carbonyl (C=O) groups is 1. The Morgan fingerprint density at radius 1 is 0.939 bits per heavy atom. The number of carbonyl (C=O) groups excluding carboxylic acids is 1. The molecule has 0 atom stereocenters. The van der Waals surface area contributed by atoms with Crippen molar-refractivity contribution < 1.29 is 18.3 Å². The van der Waals surface area contributed by atoms with Crippen molar-refractivity contribution in [2.24, 2.45) is 0 Å². The second-order valence-corrected chi connectivity index (χ2v) is 10.4. The molecule has 1 fully saturated rings. The van der Waals surface area contributed by atoms with Gasteiger partial charge in [0.25, 0.3) is 0 Å². The molecular formula is C25H29N3O4S. The molecule has 0 spiro atoms. The maximum Gasteiger partial charge on any atom is 0.236 e. The maximum atomic E-state index is 13.5. The van der Waals surface area contributed by atoms with E-state index in [9.17, 15) is 18.3 Å². The minimum atomic E-state index is -3.63. The molecule has 1 aliphatic heterocycles. The highest BCUT2D eigenvalue weighted by Gasteiger charge is 2.26. The van der Waals surface area contributed by atoms with Gasteiger partial charge >= 0.3 is 0 Å². The van der Waals surface area contributed by atoms with Crippen LogP contribution in [0.1, 0.15) is 12.5 Å². The van der Waals surface area contributed by atoms with Crippen LogP contribution in [0.25, 0.3) is 10.8 Å². The van der Waals surface area contributed by atoms with Crippen LogP contribution in [0.3, 0.4) is 0 Å². The van der Waals surface area contributed by atoms with E-state index < -0.39 is 10.0 Å². The third kappa shape index (κ3) is 5.64. The Labute approximate surface area is 194 Å². The van der Waals surface area contributed by atoms with Crippen LogP contribution in [0.2, 0.25) is 0 Å². The van der Waals surface area contributed by atoms with Crippen molar-refractivity contribution >= 4 is 32.4 Å². The van der Waals surface area contributed by atoms with E-state index in [0.29, 0.717) is 38.4 Å². The number of phenolic OH excluding ortho intramolecular Hbond substituents is 1. The van der Waals surface area contributed by atoms with Gasteiger partial charge in [0.1, 0.15) is 5.75 Å². The lowest BCUT2D eigenvalue weighted by Gasteiger charge is -2.34. The molecule has 8 heteroatoms. The van der Waals surface area contributed by atoms with Crippen molar-refractivity contribution in [3.8, 4) is 5.75 Å². The molecule has 3 aromatic carbocycles. The molecule has 0 saturated carbocycles. The number of rotatable bonds is 7. The largest absolute Gasteiger partial charge is 0.508 e. The van der Waals surface area contributed by atoms with E-state index in [0.717, 1.165) is 16.3 Å². The number of anilines is 1. The van der Waals surface area contributed by atoms with E-state index in [1.807, 2.05) is 42.5 Å². The van der Waals surface area contributed by atoms with Crippen LogP contribution in [0.5, 0.6) is 5.75 Å². The second-order valence-electron chi connectivity index (χ2n) is 8.37. The third-order valence-electron chi connectivity index (χ3n) is 6.10. The summed E-state index contributed by atoms with van der Waals surface area (Å²) in [6.45, 7) is 4.73. The number of fused-ring (bicyclic) bond motifs is 1. The first-order valence-corrected chi connectivity index (χ1v) is 12.7. The van der Waals surface area contributed by atoms with E-state index in [2.05, 4.69) is 4.90 Å². The van der Waals surface area contributed by atoms with Crippen LogP contribution in [0.4, 0.5) is 5.69 Å². The van der Waals surface area contributed by atoms with Gasteiger partial charge in [-0.05, 0) is 40.6 Å². The summed E-state index contributed by atoms with van der Waals surface area (Å²) in [5, 5.41) is 11.6. The highest BCUT2D eigenvalue weighted by atomic mass is 32.2. The van der Waals surface area contributed by atoms with Crippen LogP contribution < -0.4 is 4.31 Å². The number of hydrogen-bond acceptors (Lipinski definition) is 5. The smallest absolute Gasteiger partial charge is 0.236 e. The minimum Gasteiger partial charge on any atom is -0.508 e. The van der Waals surface area contributed by atoms with Gasteiger partial charge in [-0.2, -0.15) is 0 Å². The molecule has 0 aliphatic carbocycles. The molecule has 0 bridgehead atoms. The van der Waals surface area contributed by atoms with E-state index in [4.69, 9.17) is 0 Å². The molecule has 0 radical (unpaired) electrons. The molecule has 4 rings (SSSR count). The molecule has 1 aliphatic rings. The van der Waals surface area contributed by atoms with E-state index in [1.54, 1.807) is 36.1 Å². The Morgan fingerprint density at radius 2 is 1.61 bits per heavy atom. The summed E-state index contributed by atoms with van der Waals surface area (Å²) in [6, 6.07) is 20.1. The molecule has 174 valence electrons. The van der Waals surface area contributed by atoms with Gasteiger partial charge in [0.2, 0.25) is 15.9 Å². The second kappa shape index (κ2) is 9.80. The predicted molar refractivity (Wildman–Crippen MR) is 131 cm³/mol. The average molecular weight is 468 g/mol. The van der Waals surface area contributed by atoms with Gasteiger partial charge in [-0.25, -0.2) is 8.42 Å². The average Bonchev–Trinajstić information content (AvgIpc) is 2.82. The van der Waals surface area contributed by atoms with Crippen LogP contribution >= 0.6 is 0 Å². The Kier molecular flexibility index (Phi) is 6.85. The molecule has 0 aromatic heterocycles. The Morgan fingerprint density at radius 3 is 2.27 bits per heavy atom. The molecular weight excluding hydrogens is 438 g/mol. The zero-order valence-corrected chi connectivity index (χ0v) is 19.5. The number of sulfonamides is 1. The van der Waals surface area contributed by atoms with Crippen LogP contribution in [0, 0.1) is 0 Å². The van der Waals surface area contributed by atoms with E-state index in [-0.39, 0.29) is 24.0 Å². The Bertz CT molecular complexity index is 1220. The summed E-state index contributed by atoms with van der Waals surface area (Å²) >= 11 is 0. The van der Waals surface area contributed by atoms with Crippen LogP contribution in [-0.4, -0.2) is 67.7 Å². The summed E-state index contributed by atoms with van der Waals surface area (Å²) in [4.78, 5) is 15.4. The fourth-order valence-electron chi connectivity index (χ4n) is 4.09. The third-order valence-corrected chi connectivity index (χ3v) is 7.81. The van der Waals surface area contributed by atoms with Crippen molar-refractivity contribution in [1.29, 1.82) is 0 Å². The summed E-state index contributed by atoms with van der Waals surface area (Å²) in [6.07, 6.45) is 0. The molecule has 0 unspecified atom stereocenters. The lowest BCUT2D eigenvalue weighted by molar-refractivity contribution is -0.130. The van der Waals surface area contributed by atoms with Gasteiger partial charge in [-0.1, -0.05) is 42.5 Å². The molecule has 3 aromatic rings. The Hall–Kier alpha value is -3.10. The Balaban J connectivity index is 1.56. The minimum absolute atomic E-state index is 0.0159. The molecule has 7 nitrogen and oxygen atoms in total. The number of aromatic hydroxyl groups is 1. The number of hydrogen-bond donors (Lipinski definition) is 1. The normalized spacial score (nSPS) is 15.0. The first-order valence-electron chi connectivity index (χ1n) is 11.1. The fourth-order valence-corrected chi connectivity index (χ4v) is 5.58. The number of amides is 1. The van der Waals surface area contributed by atoms with Gasteiger partial charge < -0.3 is 10.0 Å². The zero-order chi connectivity index (χ0) is 23.4. The van der Waals surface area contributed by atoms with Crippen molar-refractivity contribution in [3.05, 3.63) is 72.3 Å². The van der Waals surface area contributed by atoms with Crippen molar-refractivity contribution in [2.45, 2.75) is 13.5 Å². The van der Waals surface area contributed by atoms with Crippen LogP contribution in [0.15, 0.2) is 66.7 Å². The van der Waals surface area contributed by atoms with Gasteiger partial charge in [0, 0.05) is 39.6 Å². The number of piperazine rings is 1. The standard InChI is InChI=1S/C25H29N3O4S/c1-20(29)27-14-12-26(13-15-27)16-17-33(31,32)28(19-21-6-10-25(30)11-7-21)24-9-8-22-4-2-3-5-23(22)18-24/h2-11,18,30H,12-17,19H2,1H3. The lowest BCUT2D eigenvalue weighted by Crippen LogP contribution is -2.49. The number of nitrogens with zero attached hydrogens (tertiary/aromatic N) is 3. The first kappa shape index (κ1) is 23.1. The van der Waals surface area contributed by atoms with E-state index >= 15 is 0 Å². The molecule has 1 saturated heterocycles. The van der Waals surface area contributed by atoms with Gasteiger partial charge in [-0.3, -0.25) is 14.0 Å². The lowest BCUT2D eigenvalue weighted by atomic mass is 10.1. The number of phenols is 1. The SMILES string of the molecule is CC(=O)N1CCN(CCS(=O)(=O)N(Cc2ccc(O)cc2)c2ccc3ccccc3c2)CC1. The zero-order valence-electron chi connectivity index (χ0n) is 18.7. The topological polar surface area (TPSA) is 81.2 Å². The van der Waals surface area contributed by atoms with Gasteiger partial charge in [0.15, 0.2) is 0 Å². The molecule has 1 amide bonds. The number of benzene rings is 3. The van der Waals surface area contributed by atoms with Crippen LogP contribution in [-0.2, 0) is 21.4 Å². The van der Waals surface area contributed by atoms with Crippen molar-refractivity contribution in [2.75, 3.05) is 42.8 Å². The van der Waals surface area contributed by atoms with Gasteiger partial charge in [-0.15, -0.1) is 0 Å². The summed E-state index contributed by atoms with van der Waals surface area (Å²) in [5.74, 6) is 0.181. The van der Waals surface area contributed by atoms with Crippen molar-refractivity contribution in [3.63, 3.8) is 0 Å². The molecule has 1 N–H and O–H groups in total. The highest BCUT2D eigenvalue weighted by Crippen LogP contribution is 2.27.